The quantitative estimate of drug-likeness (QED) is 0.371. The molecule has 0 unspecified atom stereocenters. The molecule has 0 aliphatic rings. The molecule has 0 amide bonds. The van der Waals surface area contributed by atoms with Crippen LogP contribution < -0.4 is 0 Å². The van der Waals surface area contributed by atoms with Crippen LogP contribution in [0.1, 0.15) is 0 Å². The van der Waals surface area contributed by atoms with Gasteiger partial charge in [0.05, 0.1) is 0 Å². The standard InChI is InChI=1S/C2H5Cl2Si/c1-2-5(3)4/h5H,1-2H2. The van der Waals surface area contributed by atoms with Crippen LogP contribution in [-0.4, -0.2) is 7.42 Å². The lowest BCUT2D eigenvalue weighted by atomic mass is 11.0. The molecule has 0 saturated heterocycles. The molecule has 0 aliphatic carbocycles. The van der Waals surface area contributed by atoms with E-state index < -0.39 is 7.42 Å². The molecule has 0 fully saturated rings. The van der Waals surface area contributed by atoms with Gasteiger partial charge in [0.2, 0.25) is 7.42 Å². The molecule has 0 heterocycles. The molecule has 5 heavy (non-hydrogen) atoms. The summed E-state index contributed by atoms with van der Waals surface area (Å²) >= 11 is 10.6. The average molecular weight is 128 g/mol. The average Bonchev–Trinajstić information content (AvgIpc) is 1.38. The van der Waals surface area contributed by atoms with E-state index in [1.54, 1.807) is 0 Å². The van der Waals surface area contributed by atoms with E-state index in [1.165, 1.54) is 0 Å². The Morgan fingerprint density at radius 1 is 1.60 bits per heavy atom. The second-order valence-electron chi connectivity index (χ2n) is 0.680. The smallest absolute Gasteiger partial charge is 0.150 e. The molecule has 31 valence electrons. The number of rotatable bonds is 1. The highest BCUT2D eigenvalue weighted by Crippen LogP contribution is 1.98. The lowest BCUT2D eigenvalue weighted by Crippen LogP contribution is -1.83. The summed E-state index contributed by atoms with van der Waals surface area (Å²) in [6.07, 6.45) is 0. The largest absolute Gasteiger partial charge is 0.237 e. The van der Waals surface area contributed by atoms with Gasteiger partial charge in [-0.1, -0.05) is 6.92 Å². The van der Waals surface area contributed by atoms with Crippen LogP contribution in [0.4, 0.5) is 0 Å². The van der Waals surface area contributed by atoms with Crippen molar-refractivity contribution in [3.05, 3.63) is 6.92 Å². The van der Waals surface area contributed by atoms with E-state index >= 15 is 0 Å². The van der Waals surface area contributed by atoms with Crippen molar-refractivity contribution < 1.29 is 0 Å². The lowest BCUT2D eigenvalue weighted by molar-refractivity contribution is 1.74. The first-order valence-electron chi connectivity index (χ1n) is 1.34. The van der Waals surface area contributed by atoms with Crippen molar-refractivity contribution in [2.75, 3.05) is 0 Å². The van der Waals surface area contributed by atoms with E-state index in [0.29, 0.717) is 0 Å². The molecule has 0 nitrogen and oxygen atoms in total. The topological polar surface area (TPSA) is 0 Å². The van der Waals surface area contributed by atoms with Gasteiger partial charge < -0.3 is 0 Å². The highest BCUT2D eigenvalue weighted by Gasteiger charge is 1.91. The van der Waals surface area contributed by atoms with Crippen LogP contribution in [0.2, 0.25) is 6.04 Å². The first-order chi connectivity index (χ1) is 2.27. The molecular weight excluding hydrogens is 123 g/mol. The molecule has 0 aromatic carbocycles. The predicted octanol–water partition coefficient (Wildman–Crippen LogP) is 1.52. The summed E-state index contributed by atoms with van der Waals surface area (Å²) in [5.74, 6) is 0. The first-order valence-corrected chi connectivity index (χ1v) is 5.65. The summed E-state index contributed by atoms with van der Waals surface area (Å²) in [5, 5.41) is 0. The Morgan fingerprint density at radius 3 is 1.80 bits per heavy atom. The summed E-state index contributed by atoms with van der Waals surface area (Å²) in [4.78, 5) is 0. The fraction of sp³-hybridized carbons (Fsp3) is 0.500. The third-order valence-electron chi connectivity index (χ3n) is 0.218. The van der Waals surface area contributed by atoms with Gasteiger partial charge in [-0.3, -0.25) is 0 Å². The lowest BCUT2D eigenvalue weighted by Gasteiger charge is -1.80. The van der Waals surface area contributed by atoms with Gasteiger partial charge in [-0.25, -0.2) is 0 Å². The van der Waals surface area contributed by atoms with E-state index in [-0.39, 0.29) is 0 Å². The highest BCUT2D eigenvalue weighted by atomic mass is 35.7. The molecule has 0 bridgehead atoms. The Kier molecular flexibility index (Phi) is 3.48. The second kappa shape index (κ2) is 3.01. The zero-order valence-electron chi connectivity index (χ0n) is 2.75. The molecule has 1 radical (unpaired) electrons. The van der Waals surface area contributed by atoms with Gasteiger partial charge in [-0.05, 0) is 6.04 Å². The Labute approximate surface area is 43.1 Å². The van der Waals surface area contributed by atoms with Crippen LogP contribution in [0.3, 0.4) is 0 Å². The molecular formula is C2H5Cl2Si. The third kappa shape index (κ3) is 4.80. The minimum atomic E-state index is -1.32. The number of halogens is 2. The summed E-state index contributed by atoms with van der Waals surface area (Å²) in [5.41, 5.74) is 0. The molecule has 3 heteroatoms. The van der Waals surface area contributed by atoms with Crippen LogP contribution in [0.25, 0.3) is 0 Å². The van der Waals surface area contributed by atoms with Gasteiger partial charge in [0.1, 0.15) is 0 Å². The van der Waals surface area contributed by atoms with Crippen LogP contribution in [-0.2, 0) is 0 Å². The number of hydrogen-bond donors (Lipinski definition) is 0. The van der Waals surface area contributed by atoms with Gasteiger partial charge in [-0.2, -0.15) is 22.2 Å². The SMILES string of the molecule is [CH2]C[SiH](Cl)Cl. The molecule has 0 spiro atoms. The monoisotopic (exact) mass is 127 g/mol. The van der Waals surface area contributed by atoms with Crippen LogP contribution in [0.5, 0.6) is 0 Å². The molecule has 0 aromatic rings. The molecule has 0 aliphatic heterocycles. The molecule has 0 atom stereocenters. The fourth-order valence-electron chi connectivity index (χ4n) is 0. The van der Waals surface area contributed by atoms with Gasteiger partial charge in [0, 0.05) is 0 Å². The van der Waals surface area contributed by atoms with Crippen LogP contribution in [0, 0.1) is 6.92 Å². The van der Waals surface area contributed by atoms with E-state index in [0.717, 1.165) is 6.04 Å². The zero-order chi connectivity index (χ0) is 4.28. The summed E-state index contributed by atoms with van der Waals surface area (Å²) in [7, 11) is -1.32. The van der Waals surface area contributed by atoms with Gasteiger partial charge in [0.15, 0.2) is 0 Å². The van der Waals surface area contributed by atoms with Crippen LogP contribution >= 0.6 is 22.2 Å². The van der Waals surface area contributed by atoms with E-state index in [9.17, 15) is 0 Å². The van der Waals surface area contributed by atoms with Crippen molar-refractivity contribution >= 4 is 29.6 Å². The fourth-order valence-corrected chi connectivity index (χ4v) is 0. The minimum absolute atomic E-state index is 0.725. The van der Waals surface area contributed by atoms with E-state index in [1.807, 2.05) is 0 Å². The number of hydrogen-bond acceptors (Lipinski definition) is 0. The van der Waals surface area contributed by atoms with E-state index in [2.05, 4.69) is 6.92 Å². The maximum atomic E-state index is 5.30. The Balaban J connectivity index is 2.54. The third-order valence-corrected chi connectivity index (χ3v) is 1.96. The molecule has 0 N–H and O–H groups in total. The highest BCUT2D eigenvalue weighted by molar-refractivity contribution is 7.33. The van der Waals surface area contributed by atoms with Gasteiger partial charge in [0.25, 0.3) is 0 Å². The Hall–Kier alpha value is 0.797. The normalized spacial score (nSPS) is 9.60. The minimum Gasteiger partial charge on any atom is -0.150 e. The predicted molar refractivity (Wildman–Crippen MR) is 29.0 cm³/mol. The van der Waals surface area contributed by atoms with Crippen molar-refractivity contribution in [3.8, 4) is 0 Å². The van der Waals surface area contributed by atoms with Crippen molar-refractivity contribution in [1.82, 2.24) is 0 Å². The van der Waals surface area contributed by atoms with E-state index in [4.69, 9.17) is 22.2 Å². The Morgan fingerprint density at radius 2 is 1.80 bits per heavy atom. The van der Waals surface area contributed by atoms with Gasteiger partial charge >= 0.3 is 0 Å². The van der Waals surface area contributed by atoms with Crippen molar-refractivity contribution in [3.63, 3.8) is 0 Å². The molecule has 0 saturated carbocycles. The summed E-state index contributed by atoms with van der Waals surface area (Å²) in [6.45, 7) is 3.48. The van der Waals surface area contributed by atoms with Crippen molar-refractivity contribution in [2.24, 2.45) is 0 Å². The maximum Gasteiger partial charge on any atom is 0.237 e. The molecule has 0 rings (SSSR count). The first kappa shape index (κ1) is 5.80. The molecule has 0 aromatic heterocycles. The van der Waals surface area contributed by atoms with Gasteiger partial charge in [-0.15, -0.1) is 0 Å². The van der Waals surface area contributed by atoms with Crippen molar-refractivity contribution in [2.45, 2.75) is 6.04 Å². The van der Waals surface area contributed by atoms with Crippen LogP contribution in [0.15, 0.2) is 0 Å². The zero-order valence-corrected chi connectivity index (χ0v) is 5.41. The maximum absolute atomic E-state index is 5.30. The van der Waals surface area contributed by atoms with Crippen molar-refractivity contribution in [1.29, 1.82) is 0 Å². The second-order valence-corrected chi connectivity index (χ2v) is 5.87. The Bertz CT molecular complexity index is 21.6. The summed E-state index contributed by atoms with van der Waals surface area (Å²) in [6, 6.07) is 0.725. The summed E-state index contributed by atoms with van der Waals surface area (Å²) < 4.78 is 0.